The molecule has 1 aromatic carbocycles. The summed E-state index contributed by atoms with van der Waals surface area (Å²) in [6.45, 7) is 1.76. The molecule has 2 aromatic rings. The van der Waals surface area contributed by atoms with Crippen molar-refractivity contribution in [1.29, 1.82) is 5.41 Å². The Morgan fingerprint density at radius 1 is 1.42 bits per heavy atom. The SMILES string of the molecule is Cc1ccc(C(=N)N)cc1NS(=O)(=O)c1ccn[nH]1. The summed E-state index contributed by atoms with van der Waals surface area (Å²) >= 11 is 0. The van der Waals surface area contributed by atoms with Crippen molar-refractivity contribution in [2.75, 3.05) is 4.72 Å². The molecule has 0 aliphatic carbocycles. The zero-order chi connectivity index (χ0) is 14.0. The number of aromatic nitrogens is 2. The average Bonchev–Trinajstić information content (AvgIpc) is 2.85. The van der Waals surface area contributed by atoms with Crippen LogP contribution >= 0.6 is 0 Å². The minimum atomic E-state index is -3.71. The molecule has 100 valence electrons. The fourth-order valence-electron chi connectivity index (χ4n) is 1.49. The van der Waals surface area contributed by atoms with E-state index in [1.165, 1.54) is 18.3 Å². The first-order valence-corrected chi connectivity index (χ1v) is 6.86. The second-order valence-corrected chi connectivity index (χ2v) is 5.62. The number of sulfonamides is 1. The van der Waals surface area contributed by atoms with Gasteiger partial charge >= 0.3 is 0 Å². The van der Waals surface area contributed by atoms with Crippen molar-refractivity contribution in [3.05, 3.63) is 41.6 Å². The van der Waals surface area contributed by atoms with E-state index in [-0.39, 0.29) is 10.9 Å². The molecule has 0 atom stereocenters. The third-order valence-electron chi connectivity index (χ3n) is 2.56. The number of H-pyrrole nitrogens is 1. The summed E-state index contributed by atoms with van der Waals surface area (Å²) in [4.78, 5) is 0. The zero-order valence-electron chi connectivity index (χ0n) is 10.1. The first kappa shape index (κ1) is 13.1. The van der Waals surface area contributed by atoms with E-state index in [1.54, 1.807) is 19.1 Å². The van der Waals surface area contributed by atoms with Crippen molar-refractivity contribution >= 4 is 21.5 Å². The quantitative estimate of drug-likeness (QED) is 0.488. The second kappa shape index (κ2) is 4.73. The highest BCUT2D eigenvalue weighted by atomic mass is 32.2. The molecule has 0 radical (unpaired) electrons. The Labute approximate surface area is 110 Å². The predicted octanol–water partition coefficient (Wildman–Crippen LogP) is 0.803. The number of nitrogens with two attached hydrogens (primary N) is 1. The Morgan fingerprint density at radius 2 is 2.16 bits per heavy atom. The van der Waals surface area contributed by atoms with Gasteiger partial charge in [-0.2, -0.15) is 13.5 Å². The van der Waals surface area contributed by atoms with Gasteiger partial charge in [-0.25, -0.2) is 0 Å². The van der Waals surface area contributed by atoms with E-state index in [0.29, 0.717) is 11.3 Å². The van der Waals surface area contributed by atoms with Gasteiger partial charge in [-0.15, -0.1) is 0 Å². The van der Waals surface area contributed by atoms with Crippen LogP contribution in [0.2, 0.25) is 0 Å². The van der Waals surface area contributed by atoms with Gasteiger partial charge in [0.15, 0.2) is 5.03 Å². The molecule has 0 aliphatic heterocycles. The summed E-state index contributed by atoms with van der Waals surface area (Å²) in [7, 11) is -3.71. The van der Waals surface area contributed by atoms with Gasteiger partial charge in [-0.3, -0.25) is 15.2 Å². The number of anilines is 1. The standard InChI is InChI=1S/C11H13N5O2S/c1-7-2-3-8(11(12)13)6-9(7)16-19(17,18)10-4-5-14-15-10/h2-6,16H,1H3,(H3,12,13)(H,14,15). The van der Waals surface area contributed by atoms with Gasteiger partial charge in [0.25, 0.3) is 10.0 Å². The van der Waals surface area contributed by atoms with E-state index in [0.717, 1.165) is 5.56 Å². The third kappa shape index (κ3) is 2.74. The van der Waals surface area contributed by atoms with Crippen molar-refractivity contribution in [1.82, 2.24) is 10.2 Å². The van der Waals surface area contributed by atoms with Crippen LogP contribution in [-0.2, 0) is 10.0 Å². The lowest BCUT2D eigenvalue weighted by molar-refractivity contribution is 0.597. The van der Waals surface area contributed by atoms with Gasteiger partial charge < -0.3 is 5.73 Å². The minimum absolute atomic E-state index is 0.0277. The number of benzene rings is 1. The number of nitrogens with zero attached hydrogens (tertiary/aromatic N) is 1. The van der Waals surface area contributed by atoms with Gasteiger partial charge in [0.05, 0.1) is 11.9 Å². The van der Waals surface area contributed by atoms with Crippen LogP contribution in [-0.4, -0.2) is 24.5 Å². The number of aromatic amines is 1. The maximum atomic E-state index is 12.0. The van der Waals surface area contributed by atoms with Crippen LogP contribution in [0.25, 0.3) is 0 Å². The first-order chi connectivity index (χ1) is 8.90. The molecule has 0 saturated carbocycles. The van der Waals surface area contributed by atoms with Crippen molar-refractivity contribution in [3.8, 4) is 0 Å². The number of amidine groups is 1. The molecule has 19 heavy (non-hydrogen) atoms. The monoisotopic (exact) mass is 279 g/mol. The summed E-state index contributed by atoms with van der Waals surface area (Å²) in [5.74, 6) is -0.123. The number of aryl methyl sites for hydroxylation is 1. The van der Waals surface area contributed by atoms with E-state index in [2.05, 4.69) is 14.9 Å². The lowest BCUT2D eigenvalue weighted by Crippen LogP contribution is -2.16. The van der Waals surface area contributed by atoms with Gasteiger partial charge in [-0.1, -0.05) is 12.1 Å². The lowest BCUT2D eigenvalue weighted by atomic mass is 10.1. The molecule has 0 bridgehead atoms. The molecule has 0 amide bonds. The van der Waals surface area contributed by atoms with Crippen LogP contribution in [0.3, 0.4) is 0 Å². The maximum absolute atomic E-state index is 12.0. The summed E-state index contributed by atoms with van der Waals surface area (Å²) in [5.41, 5.74) is 6.94. The molecule has 0 spiro atoms. The Kier molecular flexibility index (Phi) is 3.26. The molecular weight excluding hydrogens is 266 g/mol. The van der Waals surface area contributed by atoms with Crippen LogP contribution in [0, 0.1) is 12.3 Å². The average molecular weight is 279 g/mol. The number of nitrogens with one attached hydrogen (secondary N) is 3. The summed E-state index contributed by atoms with van der Waals surface area (Å²) < 4.78 is 26.5. The molecule has 2 rings (SSSR count). The van der Waals surface area contributed by atoms with Crippen LogP contribution in [0.15, 0.2) is 35.5 Å². The van der Waals surface area contributed by atoms with E-state index in [1.807, 2.05) is 0 Å². The highest BCUT2D eigenvalue weighted by Gasteiger charge is 2.16. The lowest BCUT2D eigenvalue weighted by Gasteiger charge is -2.10. The van der Waals surface area contributed by atoms with Crippen LogP contribution in [0.1, 0.15) is 11.1 Å². The fraction of sp³-hybridized carbons (Fsp3) is 0.0909. The van der Waals surface area contributed by atoms with E-state index in [4.69, 9.17) is 11.1 Å². The highest BCUT2D eigenvalue weighted by molar-refractivity contribution is 7.92. The molecule has 7 nitrogen and oxygen atoms in total. The first-order valence-electron chi connectivity index (χ1n) is 5.37. The molecule has 0 fully saturated rings. The molecule has 1 aromatic heterocycles. The van der Waals surface area contributed by atoms with E-state index >= 15 is 0 Å². The molecule has 8 heteroatoms. The van der Waals surface area contributed by atoms with Crippen molar-refractivity contribution in [2.45, 2.75) is 11.9 Å². The molecule has 0 unspecified atom stereocenters. The number of hydrogen-bond donors (Lipinski definition) is 4. The molecular formula is C11H13N5O2S. The van der Waals surface area contributed by atoms with Gasteiger partial charge in [0.2, 0.25) is 0 Å². The number of hydrogen-bond acceptors (Lipinski definition) is 4. The second-order valence-electron chi connectivity index (χ2n) is 3.97. The number of rotatable bonds is 4. The topological polar surface area (TPSA) is 125 Å². The smallest absolute Gasteiger partial charge is 0.278 e. The van der Waals surface area contributed by atoms with Crippen LogP contribution in [0.5, 0.6) is 0 Å². The van der Waals surface area contributed by atoms with Gasteiger partial charge in [0, 0.05) is 5.56 Å². The minimum Gasteiger partial charge on any atom is -0.384 e. The number of nitrogen functional groups attached to an aromatic ring is 1. The summed E-state index contributed by atoms with van der Waals surface area (Å²) in [6, 6.07) is 6.23. The zero-order valence-corrected chi connectivity index (χ0v) is 11.0. The van der Waals surface area contributed by atoms with Gasteiger partial charge in [-0.05, 0) is 24.6 Å². The predicted molar refractivity (Wildman–Crippen MR) is 71.6 cm³/mol. The third-order valence-corrected chi connectivity index (χ3v) is 3.85. The fourth-order valence-corrected chi connectivity index (χ4v) is 2.52. The summed E-state index contributed by atoms with van der Waals surface area (Å²) in [6.07, 6.45) is 1.35. The normalized spacial score (nSPS) is 11.2. The van der Waals surface area contributed by atoms with Crippen molar-refractivity contribution < 1.29 is 8.42 Å². The largest absolute Gasteiger partial charge is 0.384 e. The molecule has 5 N–H and O–H groups in total. The molecule has 0 aliphatic rings. The Bertz CT molecular complexity index is 707. The van der Waals surface area contributed by atoms with E-state index in [9.17, 15) is 8.42 Å². The molecule has 0 saturated heterocycles. The van der Waals surface area contributed by atoms with E-state index < -0.39 is 10.0 Å². The summed E-state index contributed by atoms with van der Waals surface area (Å²) in [5, 5.41) is 13.3. The Hall–Kier alpha value is -2.35. The van der Waals surface area contributed by atoms with Crippen molar-refractivity contribution in [2.24, 2.45) is 5.73 Å². The molecule has 1 heterocycles. The Morgan fingerprint density at radius 3 is 2.74 bits per heavy atom. The maximum Gasteiger partial charge on any atom is 0.278 e. The van der Waals surface area contributed by atoms with Crippen molar-refractivity contribution in [3.63, 3.8) is 0 Å². The Balaban J connectivity index is 2.39. The van der Waals surface area contributed by atoms with Gasteiger partial charge in [0.1, 0.15) is 5.84 Å². The highest BCUT2D eigenvalue weighted by Crippen LogP contribution is 2.20. The van der Waals surface area contributed by atoms with Crippen LogP contribution in [0.4, 0.5) is 5.69 Å². The van der Waals surface area contributed by atoms with Crippen LogP contribution < -0.4 is 10.5 Å².